The molecule has 1 aromatic rings. The second kappa shape index (κ2) is 5.95. The second-order valence-corrected chi connectivity index (χ2v) is 5.80. The summed E-state index contributed by atoms with van der Waals surface area (Å²) in [6, 6.07) is 2.08. The zero-order valence-corrected chi connectivity index (χ0v) is 12.4. The topological polar surface area (TPSA) is 50.3 Å². The van der Waals surface area contributed by atoms with Crippen LogP contribution < -0.4 is 10.2 Å². The average molecular weight is 276 g/mol. The van der Waals surface area contributed by atoms with Crippen LogP contribution in [0.1, 0.15) is 44.9 Å². The molecule has 5 heteroatoms. The number of ether oxygens (including phenoxy) is 1. The normalized spacial score (nSPS) is 22.9. The zero-order chi connectivity index (χ0) is 13.9. The van der Waals surface area contributed by atoms with Crippen LogP contribution in [0.5, 0.6) is 0 Å². The Morgan fingerprint density at radius 2 is 2.25 bits per heavy atom. The third-order valence-electron chi connectivity index (χ3n) is 3.79. The standard InChI is InChI=1S/C15H24N4O/c1-3-6-16-13-9-14(18-15(17-13)12-4-5-12)19-7-8-20-11(2)10-19/h9,11-12H,3-8,10H2,1-2H3,(H,16,17,18). The van der Waals surface area contributed by atoms with Crippen LogP contribution in [-0.4, -0.2) is 42.3 Å². The number of aromatic nitrogens is 2. The van der Waals surface area contributed by atoms with Crippen LogP contribution in [0.3, 0.4) is 0 Å². The smallest absolute Gasteiger partial charge is 0.136 e. The Balaban J connectivity index is 1.82. The molecule has 1 N–H and O–H groups in total. The van der Waals surface area contributed by atoms with Gasteiger partial charge in [-0.15, -0.1) is 0 Å². The van der Waals surface area contributed by atoms with Crippen molar-refractivity contribution < 1.29 is 4.74 Å². The minimum Gasteiger partial charge on any atom is -0.375 e. The van der Waals surface area contributed by atoms with Gasteiger partial charge in [0.05, 0.1) is 12.7 Å². The predicted octanol–water partition coefficient (Wildman–Crippen LogP) is 2.40. The molecule has 1 atom stereocenters. The van der Waals surface area contributed by atoms with E-state index in [1.165, 1.54) is 12.8 Å². The van der Waals surface area contributed by atoms with E-state index in [0.29, 0.717) is 5.92 Å². The maximum Gasteiger partial charge on any atom is 0.136 e. The largest absolute Gasteiger partial charge is 0.375 e. The average Bonchev–Trinajstić information content (AvgIpc) is 3.29. The first kappa shape index (κ1) is 13.6. The van der Waals surface area contributed by atoms with Crippen molar-refractivity contribution in [2.45, 2.75) is 45.1 Å². The van der Waals surface area contributed by atoms with Crippen molar-refractivity contribution in [1.29, 1.82) is 0 Å². The van der Waals surface area contributed by atoms with Gasteiger partial charge in [-0.25, -0.2) is 9.97 Å². The molecule has 110 valence electrons. The van der Waals surface area contributed by atoms with Gasteiger partial charge in [-0.1, -0.05) is 6.92 Å². The minimum atomic E-state index is 0.273. The molecule has 0 radical (unpaired) electrons. The van der Waals surface area contributed by atoms with Crippen molar-refractivity contribution in [1.82, 2.24) is 9.97 Å². The lowest BCUT2D eigenvalue weighted by Crippen LogP contribution is -2.41. The fraction of sp³-hybridized carbons (Fsp3) is 0.733. The highest BCUT2D eigenvalue weighted by Gasteiger charge is 2.28. The summed E-state index contributed by atoms with van der Waals surface area (Å²) < 4.78 is 5.61. The molecule has 1 saturated carbocycles. The van der Waals surface area contributed by atoms with Gasteiger partial charge in [0.2, 0.25) is 0 Å². The molecule has 0 amide bonds. The van der Waals surface area contributed by atoms with E-state index in [1.54, 1.807) is 0 Å². The van der Waals surface area contributed by atoms with Crippen LogP contribution in [0, 0.1) is 0 Å². The first-order valence-corrected chi connectivity index (χ1v) is 7.75. The quantitative estimate of drug-likeness (QED) is 0.895. The fourth-order valence-corrected chi connectivity index (χ4v) is 2.51. The van der Waals surface area contributed by atoms with Crippen molar-refractivity contribution in [2.75, 3.05) is 36.5 Å². The predicted molar refractivity (Wildman–Crippen MR) is 80.4 cm³/mol. The summed E-state index contributed by atoms with van der Waals surface area (Å²) in [5.74, 6) is 3.62. The van der Waals surface area contributed by atoms with Gasteiger partial charge < -0.3 is 15.0 Å². The molecule has 3 rings (SSSR count). The van der Waals surface area contributed by atoms with E-state index in [0.717, 1.165) is 50.1 Å². The van der Waals surface area contributed by atoms with Crippen molar-refractivity contribution >= 4 is 11.6 Å². The van der Waals surface area contributed by atoms with Gasteiger partial charge in [0.25, 0.3) is 0 Å². The molecule has 1 aliphatic carbocycles. The number of morpholine rings is 1. The van der Waals surface area contributed by atoms with Crippen molar-refractivity contribution in [3.8, 4) is 0 Å². The highest BCUT2D eigenvalue weighted by Crippen LogP contribution is 2.39. The molecule has 2 fully saturated rings. The zero-order valence-electron chi connectivity index (χ0n) is 12.4. The number of hydrogen-bond acceptors (Lipinski definition) is 5. The molecule has 2 heterocycles. The van der Waals surface area contributed by atoms with Gasteiger partial charge in [0.1, 0.15) is 17.5 Å². The van der Waals surface area contributed by atoms with Crippen molar-refractivity contribution in [2.24, 2.45) is 0 Å². The number of hydrogen-bond donors (Lipinski definition) is 1. The van der Waals surface area contributed by atoms with Gasteiger partial charge in [0, 0.05) is 31.6 Å². The van der Waals surface area contributed by atoms with E-state index in [4.69, 9.17) is 9.72 Å². The lowest BCUT2D eigenvalue weighted by molar-refractivity contribution is 0.0529. The van der Waals surface area contributed by atoms with Crippen molar-refractivity contribution in [3.05, 3.63) is 11.9 Å². The molecule has 1 unspecified atom stereocenters. The first-order valence-electron chi connectivity index (χ1n) is 7.75. The molecule has 1 aromatic heterocycles. The van der Waals surface area contributed by atoms with E-state index in [-0.39, 0.29) is 6.10 Å². The summed E-state index contributed by atoms with van der Waals surface area (Å²) in [7, 11) is 0. The molecule has 0 aromatic carbocycles. The number of nitrogens with one attached hydrogen (secondary N) is 1. The van der Waals surface area contributed by atoms with Gasteiger partial charge in [-0.2, -0.15) is 0 Å². The van der Waals surface area contributed by atoms with E-state index in [9.17, 15) is 0 Å². The molecular weight excluding hydrogens is 252 g/mol. The fourth-order valence-electron chi connectivity index (χ4n) is 2.51. The third-order valence-corrected chi connectivity index (χ3v) is 3.79. The Kier molecular flexibility index (Phi) is 4.05. The van der Waals surface area contributed by atoms with E-state index in [1.807, 2.05) is 0 Å². The van der Waals surface area contributed by atoms with E-state index < -0.39 is 0 Å². The van der Waals surface area contributed by atoms with Gasteiger partial charge >= 0.3 is 0 Å². The molecule has 5 nitrogen and oxygen atoms in total. The molecular formula is C15H24N4O. The van der Waals surface area contributed by atoms with Crippen LogP contribution in [0.2, 0.25) is 0 Å². The number of rotatable bonds is 5. The van der Waals surface area contributed by atoms with Crippen LogP contribution in [-0.2, 0) is 4.74 Å². The second-order valence-electron chi connectivity index (χ2n) is 5.80. The molecule has 20 heavy (non-hydrogen) atoms. The van der Waals surface area contributed by atoms with Gasteiger partial charge in [-0.05, 0) is 26.2 Å². The summed E-state index contributed by atoms with van der Waals surface area (Å²) in [4.78, 5) is 11.8. The Labute approximate surface area is 120 Å². The maximum absolute atomic E-state index is 5.61. The summed E-state index contributed by atoms with van der Waals surface area (Å²) in [5.41, 5.74) is 0. The highest BCUT2D eigenvalue weighted by molar-refractivity contribution is 5.50. The molecule has 1 saturated heterocycles. The minimum absolute atomic E-state index is 0.273. The number of anilines is 2. The SMILES string of the molecule is CCCNc1cc(N2CCOC(C)C2)nc(C2CC2)n1. The van der Waals surface area contributed by atoms with E-state index >= 15 is 0 Å². The molecule has 0 spiro atoms. The molecule has 2 aliphatic rings. The Morgan fingerprint density at radius 1 is 1.40 bits per heavy atom. The summed E-state index contributed by atoms with van der Waals surface area (Å²) >= 11 is 0. The Morgan fingerprint density at radius 3 is 2.95 bits per heavy atom. The lowest BCUT2D eigenvalue weighted by Gasteiger charge is -2.32. The highest BCUT2D eigenvalue weighted by atomic mass is 16.5. The van der Waals surface area contributed by atoms with Crippen molar-refractivity contribution in [3.63, 3.8) is 0 Å². The monoisotopic (exact) mass is 276 g/mol. The van der Waals surface area contributed by atoms with Crippen LogP contribution >= 0.6 is 0 Å². The number of nitrogens with zero attached hydrogens (tertiary/aromatic N) is 3. The third kappa shape index (κ3) is 3.20. The summed E-state index contributed by atoms with van der Waals surface area (Å²) in [5, 5.41) is 3.40. The van der Waals surface area contributed by atoms with Gasteiger partial charge in [-0.3, -0.25) is 0 Å². The summed E-state index contributed by atoms with van der Waals surface area (Å²) in [6.07, 6.45) is 3.84. The molecule has 1 aliphatic heterocycles. The maximum atomic E-state index is 5.61. The molecule has 0 bridgehead atoms. The summed E-state index contributed by atoms with van der Waals surface area (Å²) in [6.45, 7) is 7.85. The Bertz CT molecular complexity index is 461. The van der Waals surface area contributed by atoms with Crippen LogP contribution in [0.25, 0.3) is 0 Å². The van der Waals surface area contributed by atoms with E-state index in [2.05, 4.69) is 35.1 Å². The van der Waals surface area contributed by atoms with Crippen LogP contribution in [0.15, 0.2) is 6.07 Å². The first-order chi connectivity index (χ1) is 9.76. The van der Waals surface area contributed by atoms with Crippen LogP contribution in [0.4, 0.5) is 11.6 Å². The lowest BCUT2D eigenvalue weighted by atomic mass is 10.3. The Hall–Kier alpha value is -1.36. The van der Waals surface area contributed by atoms with Gasteiger partial charge in [0.15, 0.2) is 0 Å².